The first-order valence-electron chi connectivity index (χ1n) is 2.77. The molecule has 3 heteroatoms. The van der Waals surface area contributed by atoms with Crippen LogP contribution in [0.5, 0.6) is 0 Å². The topological polar surface area (TPSA) is 35.2 Å². The quantitative estimate of drug-likeness (QED) is 0.563. The van der Waals surface area contributed by atoms with Crippen molar-refractivity contribution in [3.8, 4) is 0 Å². The minimum Gasteiger partial charge on any atom is -0.302 e. The van der Waals surface area contributed by atoms with Crippen molar-refractivity contribution in [2.24, 2.45) is 5.90 Å². The van der Waals surface area contributed by atoms with E-state index in [1.54, 1.807) is 0 Å². The maximum atomic E-state index is 12.2. The fourth-order valence-electron chi connectivity index (χ4n) is 0.501. The SMILES string of the molecule is CCCC(F)CON. The number of hydrogen-bond donors (Lipinski definition) is 1. The Labute approximate surface area is 48.8 Å². The molecule has 0 fully saturated rings. The van der Waals surface area contributed by atoms with Gasteiger partial charge in [-0.3, -0.25) is 0 Å². The van der Waals surface area contributed by atoms with E-state index in [1.807, 2.05) is 6.92 Å². The Bertz CT molecular complexity index is 45.7. The molecule has 0 aliphatic heterocycles. The lowest BCUT2D eigenvalue weighted by molar-refractivity contribution is 0.0778. The molecule has 0 aliphatic carbocycles. The number of halogens is 1. The molecule has 1 atom stereocenters. The molecule has 0 aromatic rings. The van der Waals surface area contributed by atoms with E-state index in [0.717, 1.165) is 6.42 Å². The first-order valence-corrected chi connectivity index (χ1v) is 2.77. The van der Waals surface area contributed by atoms with Crippen LogP contribution < -0.4 is 5.90 Å². The van der Waals surface area contributed by atoms with Crippen LogP contribution in [-0.2, 0) is 4.84 Å². The Morgan fingerprint density at radius 3 is 2.75 bits per heavy atom. The lowest BCUT2D eigenvalue weighted by atomic mass is 10.2. The van der Waals surface area contributed by atoms with Crippen LogP contribution in [0.3, 0.4) is 0 Å². The zero-order chi connectivity index (χ0) is 6.41. The van der Waals surface area contributed by atoms with Crippen molar-refractivity contribution in [1.29, 1.82) is 0 Å². The molecule has 0 saturated carbocycles. The van der Waals surface area contributed by atoms with Crippen LogP contribution in [0.25, 0.3) is 0 Å². The molecule has 0 aromatic carbocycles. The molecule has 50 valence electrons. The van der Waals surface area contributed by atoms with Crippen molar-refractivity contribution >= 4 is 0 Å². The van der Waals surface area contributed by atoms with Gasteiger partial charge in [-0.05, 0) is 6.42 Å². The van der Waals surface area contributed by atoms with E-state index in [0.29, 0.717) is 6.42 Å². The number of nitrogens with two attached hydrogens (primary N) is 1. The maximum Gasteiger partial charge on any atom is 0.125 e. The molecular weight excluding hydrogens is 109 g/mol. The molecule has 0 aromatic heterocycles. The third-order valence-corrected chi connectivity index (χ3v) is 0.879. The normalized spacial score (nSPS) is 13.9. The van der Waals surface area contributed by atoms with E-state index < -0.39 is 6.17 Å². The van der Waals surface area contributed by atoms with Crippen LogP contribution in [0.2, 0.25) is 0 Å². The molecule has 0 amide bonds. The molecule has 0 saturated heterocycles. The summed E-state index contributed by atoms with van der Waals surface area (Å²) in [5, 5.41) is 0. The molecule has 0 heterocycles. The highest BCUT2D eigenvalue weighted by Crippen LogP contribution is 1.99. The molecule has 2 N–H and O–H groups in total. The van der Waals surface area contributed by atoms with Gasteiger partial charge in [0.25, 0.3) is 0 Å². The average molecular weight is 121 g/mol. The summed E-state index contributed by atoms with van der Waals surface area (Å²) in [4.78, 5) is 4.08. The molecule has 0 rings (SSSR count). The summed E-state index contributed by atoms with van der Waals surface area (Å²) >= 11 is 0. The second-order valence-corrected chi connectivity index (χ2v) is 1.72. The van der Waals surface area contributed by atoms with Crippen molar-refractivity contribution in [2.75, 3.05) is 6.61 Å². The monoisotopic (exact) mass is 121 g/mol. The fraction of sp³-hybridized carbons (Fsp3) is 1.00. The summed E-state index contributed by atoms with van der Waals surface area (Å²) in [5.74, 6) is 4.62. The van der Waals surface area contributed by atoms with Crippen LogP contribution in [0.1, 0.15) is 19.8 Å². The molecule has 8 heavy (non-hydrogen) atoms. The van der Waals surface area contributed by atoms with E-state index in [1.165, 1.54) is 0 Å². The summed E-state index contributed by atoms with van der Waals surface area (Å²) in [5.41, 5.74) is 0. The molecule has 0 aliphatic rings. The van der Waals surface area contributed by atoms with Gasteiger partial charge in [0, 0.05) is 0 Å². The Kier molecular flexibility index (Phi) is 4.90. The number of rotatable bonds is 4. The van der Waals surface area contributed by atoms with Gasteiger partial charge in [-0.2, -0.15) is 0 Å². The predicted octanol–water partition coefficient (Wildman–Crippen LogP) is 1.01. The Morgan fingerprint density at radius 1 is 1.75 bits per heavy atom. The van der Waals surface area contributed by atoms with E-state index in [2.05, 4.69) is 10.7 Å². The van der Waals surface area contributed by atoms with Gasteiger partial charge >= 0.3 is 0 Å². The number of alkyl halides is 1. The van der Waals surface area contributed by atoms with Crippen molar-refractivity contribution in [1.82, 2.24) is 0 Å². The standard InChI is InChI=1S/C5H12FNO/c1-2-3-5(6)4-8-7/h5H,2-4,7H2,1H3. The van der Waals surface area contributed by atoms with Gasteiger partial charge in [0.15, 0.2) is 0 Å². The van der Waals surface area contributed by atoms with Crippen molar-refractivity contribution in [2.45, 2.75) is 25.9 Å². The molecule has 2 nitrogen and oxygen atoms in total. The van der Waals surface area contributed by atoms with Crippen LogP contribution in [0.15, 0.2) is 0 Å². The largest absolute Gasteiger partial charge is 0.302 e. The Balaban J connectivity index is 2.92. The highest BCUT2D eigenvalue weighted by atomic mass is 19.1. The van der Waals surface area contributed by atoms with Gasteiger partial charge < -0.3 is 4.84 Å². The summed E-state index contributed by atoms with van der Waals surface area (Å²) in [7, 11) is 0. The second kappa shape index (κ2) is 5.00. The van der Waals surface area contributed by atoms with E-state index >= 15 is 0 Å². The highest BCUT2D eigenvalue weighted by molar-refractivity contribution is 4.50. The third-order valence-electron chi connectivity index (χ3n) is 0.879. The first-order chi connectivity index (χ1) is 3.81. The van der Waals surface area contributed by atoms with E-state index in [9.17, 15) is 4.39 Å². The zero-order valence-electron chi connectivity index (χ0n) is 5.06. The zero-order valence-corrected chi connectivity index (χ0v) is 5.06. The number of hydrogen-bond acceptors (Lipinski definition) is 2. The van der Waals surface area contributed by atoms with Gasteiger partial charge in [-0.1, -0.05) is 13.3 Å². The first kappa shape index (κ1) is 7.85. The third kappa shape index (κ3) is 4.02. The van der Waals surface area contributed by atoms with Crippen LogP contribution in [-0.4, -0.2) is 12.8 Å². The molecule has 0 spiro atoms. The van der Waals surface area contributed by atoms with E-state index in [4.69, 9.17) is 0 Å². The van der Waals surface area contributed by atoms with Crippen molar-refractivity contribution < 1.29 is 9.23 Å². The summed E-state index contributed by atoms with van der Waals surface area (Å²) in [6.07, 6.45) is 0.492. The van der Waals surface area contributed by atoms with Crippen LogP contribution in [0.4, 0.5) is 4.39 Å². The lowest BCUT2D eigenvalue weighted by Crippen LogP contribution is -2.12. The maximum absolute atomic E-state index is 12.2. The van der Waals surface area contributed by atoms with Crippen LogP contribution >= 0.6 is 0 Å². The second-order valence-electron chi connectivity index (χ2n) is 1.72. The molecule has 1 unspecified atom stereocenters. The average Bonchev–Trinajstić information content (AvgIpc) is 1.68. The summed E-state index contributed by atoms with van der Waals surface area (Å²) in [6, 6.07) is 0. The highest BCUT2D eigenvalue weighted by Gasteiger charge is 2.01. The predicted molar refractivity (Wildman–Crippen MR) is 29.9 cm³/mol. The van der Waals surface area contributed by atoms with Gasteiger partial charge in [0.1, 0.15) is 6.17 Å². The lowest BCUT2D eigenvalue weighted by Gasteiger charge is -2.01. The molecule has 0 radical (unpaired) electrons. The Hall–Kier alpha value is -0.150. The summed E-state index contributed by atoms with van der Waals surface area (Å²) in [6.45, 7) is 1.94. The van der Waals surface area contributed by atoms with Gasteiger partial charge in [-0.15, -0.1) is 0 Å². The van der Waals surface area contributed by atoms with Gasteiger partial charge in [0.2, 0.25) is 0 Å². The van der Waals surface area contributed by atoms with Crippen LogP contribution in [0, 0.1) is 0 Å². The van der Waals surface area contributed by atoms with E-state index in [-0.39, 0.29) is 6.61 Å². The Morgan fingerprint density at radius 2 is 2.38 bits per heavy atom. The molecule has 0 bridgehead atoms. The smallest absolute Gasteiger partial charge is 0.125 e. The van der Waals surface area contributed by atoms with Crippen molar-refractivity contribution in [3.63, 3.8) is 0 Å². The minimum atomic E-state index is -0.884. The summed E-state index contributed by atoms with van der Waals surface area (Å²) < 4.78 is 12.2. The van der Waals surface area contributed by atoms with Crippen molar-refractivity contribution in [3.05, 3.63) is 0 Å². The minimum absolute atomic E-state index is 0.0217. The van der Waals surface area contributed by atoms with Gasteiger partial charge in [-0.25, -0.2) is 10.3 Å². The van der Waals surface area contributed by atoms with Gasteiger partial charge in [0.05, 0.1) is 6.61 Å². The molecular formula is C5H12FNO. The fourth-order valence-corrected chi connectivity index (χ4v) is 0.501.